The van der Waals surface area contributed by atoms with E-state index in [0.717, 1.165) is 56.7 Å². The van der Waals surface area contributed by atoms with E-state index in [2.05, 4.69) is 10.2 Å². The van der Waals surface area contributed by atoms with Crippen molar-refractivity contribution in [2.75, 3.05) is 32.7 Å². The number of allylic oxidation sites excluding steroid dienone is 2. The second-order valence-electron chi connectivity index (χ2n) is 7.41. The molecule has 0 aromatic heterocycles. The molecule has 0 bridgehead atoms. The molecule has 1 N–H and O–H groups in total. The Balaban J connectivity index is 1.50. The zero-order valence-corrected chi connectivity index (χ0v) is 15.1. The van der Waals surface area contributed by atoms with E-state index in [9.17, 15) is 9.18 Å². The molecule has 0 saturated carbocycles. The maximum atomic E-state index is 14.7. The van der Waals surface area contributed by atoms with Gasteiger partial charge >= 0.3 is 0 Å². The number of nitrogens with zero attached hydrogens (tertiary/aromatic N) is 2. The van der Waals surface area contributed by atoms with E-state index in [1.165, 1.54) is 18.9 Å². The minimum absolute atomic E-state index is 0.165. The van der Waals surface area contributed by atoms with E-state index in [1.54, 1.807) is 6.07 Å². The molecular formula is C21H26FN3O. The molecule has 0 radical (unpaired) electrons. The van der Waals surface area contributed by atoms with Crippen LogP contribution in [0, 0.1) is 5.82 Å². The number of halogens is 1. The van der Waals surface area contributed by atoms with Crippen molar-refractivity contribution in [1.29, 1.82) is 0 Å². The molecular weight excluding hydrogens is 329 g/mol. The van der Waals surface area contributed by atoms with Crippen LogP contribution < -0.4 is 5.32 Å². The van der Waals surface area contributed by atoms with Crippen LogP contribution in [0.25, 0.3) is 5.57 Å². The van der Waals surface area contributed by atoms with Gasteiger partial charge in [-0.2, -0.15) is 0 Å². The lowest BCUT2D eigenvalue weighted by atomic mass is 10.0. The number of amides is 1. The number of nitrogens with one attached hydrogen (secondary N) is 1. The topological polar surface area (TPSA) is 35.6 Å². The highest BCUT2D eigenvalue weighted by molar-refractivity contribution is 5.95. The molecule has 2 saturated heterocycles. The van der Waals surface area contributed by atoms with Gasteiger partial charge in [0.05, 0.1) is 5.56 Å². The molecule has 1 atom stereocenters. The lowest BCUT2D eigenvalue weighted by molar-refractivity contribution is 0.0704. The van der Waals surface area contributed by atoms with Gasteiger partial charge in [-0.25, -0.2) is 4.39 Å². The highest BCUT2D eigenvalue weighted by atomic mass is 19.1. The lowest BCUT2D eigenvalue weighted by Gasteiger charge is -2.28. The molecule has 1 aromatic carbocycles. The van der Waals surface area contributed by atoms with Gasteiger partial charge in [-0.05, 0) is 62.0 Å². The minimum Gasteiger partial charge on any atom is -0.387 e. The Bertz CT molecular complexity index is 737. The normalized spacial score (nSPS) is 23.2. The Morgan fingerprint density at radius 2 is 2.04 bits per heavy atom. The molecule has 4 nitrogen and oxygen atoms in total. The van der Waals surface area contributed by atoms with Crippen molar-refractivity contribution in [3.8, 4) is 0 Å². The quantitative estimate of drug-likeness (QED) is 0.902. The van der Waals surface area contributed by atoms with Crippen molar-refractivity contribution in [3.63, 3.8) is 0 Å². The number of hydrogen-bond acceptors (Lipinski definition) is 3. The number of benzene rings is 1. The van der Waals surface area contributed by atoms with Crippen LogP contribution in [0.2, 0.25) is 0 Å². The first-order valence-electron chi connectivity index (χ1n) is 9.66. The van der Waals surface area contributed by atoms with Crippen LogP contribution in [-0.4, -0.2) is 54.5 Å². The standard InChI is InChI=1S/C21H26FN3O/c22-20-13-16(17-5-3-9-23-14-17)7-8-19(20)21(26)25-12-4-6-18(25)15-24-10-1-2-11-24/h3,5,7-8,13-14,18,23H,1-2,4,6,9-12,15H2. The van der Waals surface area contributed by atoms with Crippen molar-refractivity contribution in [2.24, 2.45) is 0 Å². The van der Waals surface area contributed by atoms with Crippen LogP contribution in [0.3, 0.4) is 0 Å². The molecule has 138 valence electrons. The van der Waals surface area contributed by atoms with E-state index in [0.29, 0.717) is 0 Å². The van der Waals surface area contributed by atoms with Crippen LogP contribution in [-0.2, 0) is 0 Å². The summed E-state index contributed by atoms with van der Waals surface area (Å²) in [6.07, 6.45) is 10.4. The summed E-state index contributed by atoms with van der Waals surface area (Å²) in [4.78, 5) is 17.3. The number of rotatable bonds is 4. The molecule has 0 spiro atoms. The fourth-order valence-corrected chi connectivity index (χ4v) is 4.23. The van der Waals surface area contributed by atoms with Gasteiger partial charge in [0.15, 0.2) is 0 Å². The first-order valence-corrected chi connectivity index (χ1v) is 9.66. The predicted molar refractivity (Wildman–Crippen MR) is 101 cm³/mol. The average molecular weight is 355 g/mol. The summed E-state index contributed by atoms with van der Waals surface area (Å²) in [6.45, 7) is 4.69. The summed E-state index contributed by atoms with van der Waals surface area (Å²) in [7, 11) is 0. The summed E-state index contributed by atoms with van der Waals surface area (Å²) < 4.78 is 14.7. The van der Waals surface area contributed by atoms with Crippen molar-refractivity contribution < 1.29 is 9.18 Å². The fraction of sp³-hybridized carbons (Fsp3) is 0.476. The number of carbonyl (C=O) groups is 1. The van der Waals surface area contributed by atoms with Crippen LogP contribution >= 0.6 is 0 Å². The molecule has 1 aromatic rings. The number of hydrogen-bond donors (Lipinski definition) is 1. The molecule has 3 heterocycles. The second kappa shape index (κ2) is 7.62. The Kier molecular flexibility index (Phi) is 5.07. The van der Waals surface area contributed by atoms with E-state index >= 15 is 0 Å². The molecule has 2 fully saturated rings. The van der Waals surface area contributed by atoms with E-state index in [1.807, 2.05) is 29.3 Å². The molecule has 1 unspecified atom stereocenters. The van der Waals surface area contributed by atoms with Gasteiger partial charge < -0.3 is 15.1 Å². The maximum absolute atomic E-state index is 14.7. The van der Waals surface area contributed by atoms with Crippen LogP contribution in [0.1, 0.15) is 41.6 Å². The molecule has 3 aliphatic rings. The first-order chi connectivity index (χ1) is 12.7. The highest BCUT2D eigenvalue weighted by Crippen LogP contribution is 2.25. The molecule has 1 amide bonds. The Labute approximate surface area is 154 Å². The average Bonchev–Trinajstić information content (AvgIpc) is 3.34. The third-order valence-corrected chi connectivity index (χ3v) is 5.63. The van der Waals surface area contributed by atoms with Gasteiger partial charge in [0.2, 0.25) is 0 Å². The summed E-state index contributed by atoms with van der Waals surface area (Å²) in [5.41, 5.74) is 1.91. The summed E-state index contributed by atoms with van der Waals surface area (Å²) in [6, 6.07) is 5.17. The first kappa shape index (κ1) is 17.3. The van der Waals surface area contributed by atoms with Crippen molar-refractivity contribution in [3.05, 3.63) is 53.5 Å². The zero-order chi connectivity index (χ0) is 17.9. The van der Waals surface area contributed by atoms with Crippen molar-refractivity contribution >= 4 is 11.5 Å². The molecule has 4 rings (SSSR count). The van der Waals surface area contributed by atoms with Crippen LogP contribution in [0.5, 0.6) is 0 Å². The number of carbonyl (C=O) groups excluding carboxylic acids is 1. The smallest absolute Gasteiger partial charge is 0.257 e. The maximum Gasteiger partial charge on any atom is 0.257 e. The van der Waals surface area contributed by atoms with Gasteiger partial charge in [0.1, 0.15) is 5.82 Å². The Morgan fingerprint density at radius 1 is 1.19 bits per heavy atom. The monoisotopic (exact) mass is 355 g/mol. The Hall–Kier alpha value is -2.14. The SMILES string of the molecule is O=C(c1ccc(C2=CNCC=C2)cc1F)N1CCCC1CN1CCCC1. The fourth-order valence-electron chi connectivity index (χ4n) is 4.23. The molecule has 26 heavy (non-hydrogen) atoms. The van der Waals surface area contributed by atoms with Crippen molar-refractivity contribution in [1.82, 2.24) is 15.1 Å². The lowest BCUT2D eigenvalue weighted by Crippen LogP contribution is -2.42. The van der Waals surface area contributed by atoms with Crippen LogP contribution in [0.4, 0.5) is 4.39 Å². The molecule has 3 aliphatic heterocycles. The van der Waals surface area contributed by atoms with Crippen LogP contribution in [0.15, 0.2) is 36.6 Å². The molecule has 5 heteroatoms. The van der Waals surface area contributed by atoms with Crippen molar-refractivity contribution in [2.45, 2.75) is 31.7 Å². The van der Waals surface area contributed by atoms with E-state index in [4.69, 9.17) is 0 Å². The van der Waals surface area contributed by atoms with Gasteiger partial charge in [0.25, 0.3) is 5.91 Å². The zero-order valence-electron chi connectivity index (χ0n) is 15.1. The van der Waals surface area contributed by atoms with E-state index < -0.39 is 5.82 Å². The van der Waals surface area contributed by atoms with Gasteiger partial charge in [-0.15, -0.1) is 0 Å². The Morgan fingerprint density at radius 3 is 2.77 bits per heavy atom. The third kappa shape index (κ3) is 3.54. The molecule has 0 aliphatic carbocycles. The van der Waals surface area contributed by atoms with E-state index in [-0.39, 0.29) is 17.5 Å². The predicted octanol–water partition coefficient (Wildman–Crippen LogP) is 3.03. The number of likely N-dealkylation sites (tertiary alicyclic amines) is 2. The van der Waals surface area contributed by atoms with Gasteiger partial charge in [-0.3, -0.25) is 4.79 Å². The third-order valence-electron chi connectivity index (χ3n) is 5.63. The largest absolute Gasteiger partial charge is 0.387 e. The highest BCUT2D eigenvalue weighted by Gasteiger charge is 2.32. The van der Waals surface area contributed by atoms with Gasteiger partial charge in [-0.1, -0.05) is 18.2 Å². The number of dihydropyridines is 1. The summed E-state index contributed by atoms with van der Waals surface area (Å²) >= 11 is 0. The minimum atomic E-state index is -0.431. The summed E-state index contributed by atoms with van der Waals surface area (Å²) in [5, 5.41) is 3.12. The second-order valence-corrected chi connectivity index (χ2v) is 7.41. The summed E-state index contributed by atoms with van der Waals surface area (Å²) in [5.74, 6) is -0.596. The van der Waals surface area contributed by atoms with Gasteiger partial charge in [0, 0.05) is 31.9 Å².